The van der Waals surface area contributed by atoms with Gasteiger partial charge in [-0.3, -0.25) is 14.6 Å². The molecule has 2 N–H and O–H groups in total. The Balaban J connectivity index is 0.000000420. The topological polar surface area (TPSA) is 75.6 Å². The first kappa shape index (κ1) is 26.8. The highest BCUT2D eigenvalue weighted by atomic mass is 35.5. The van der Waals surface area contributed by atoms with E-state index in [4.69, 9.17) is 11.6 Å². The lowest BCUT2D eigenvalue weighted by molar-refractivity contribution is -0.137. The van der Waals surface area contributed by atoms with Crippen molar-refractivity contribution in [3.8, 4) is 0 Å². The Morgan fingerprint density at radius 2 is 1.77 bits per heavy atom. The van der Waals surface area contributed by atoms with Crippen molar-refractivity contribution in [1.82, 2.24) is 25.3 Å². The first-order valence-corrected chi connectivity index (χ1v) is 12.0. The summed E-state index contributed by atoms with van der Waals surface area (Å²) in [5, 5.41) is 14.1. The third-order valence-corrected chi connectivity index (χ3v) is 6.42. The molecule has 10 heteroatoms. The summed E-state index contributed by atoms with van der Waals surface area (Å²) in [6.45, 7) is 8.79. The summed E-state index contributed by atoms with van der Waals surface area (Å²) in [5.74, 6) is -0.0820. The normalized spacial score (nSPS) is 18.1. The number of carbonyl (C=O) groups excluding carboxylic acids is 1. The number of aromatic nitrogens is 4. The predicted molar refractivity (Wildman–Crippen MR) is 129 cm³/mol. The molecule has 0 spiro atoms. The maximum absolute atomic E-state index is 12.9. The minimum absolute atomic E-state index is 0.0173. The first-order valence-electron chi connectivity index (χ1n) is 11.6. The van der Waals surface area contributed by atoms with E-state index in [9.17, 15) is 18.0 Å². The van der Waals surface area contributed by atoms with E-state index in [1.165, 1.54) is 0 Å². The molecule has 1 fully saturated rings. The van der Waals surface area contributed by atoms with Crippen LogP contribution in [0.5, 0.6) is 0 Å². The molecule has 4 rings (SSSR count). The van der Waals surface area contributed by atoms with Gasteiger partial charge in [0.1, 0.15) is 0 Å². The van der Waals surface area contributed by atoms with E-state index in [0.29, 0.717) is 5.92 Å². The molecule has 0 unspecified atom stereocenters. The number of carbonyl (C=O) groups is 1. The maximum Gasteiger partial charge on any atom is 0.416 e. The Bertz CT molecular complexity index is 1130. The number of aromatic amines is 1. The van der Waals surface area contributed by atoms with Gasteiger partial charge in [-0.25, -0.2) is 0 Å². The largest absolute Gasteiger partial charge is 0.416 e. The van der Waals surface area contributed by atoms with Crippen LogP contribution in [0.15, 0.2) is 30.3 Å². The number of amides is 1. The fourth-order valence-corrected chi connectivity index (χ4v) is 4.49. The number of aryl methyl sites for hydroxylation is 4. The lowest BCUT2D eigenvalue weighted by Crippen LogP contribution is -2.38. The standard InChI is InChI=1S/C20H23ClF3N3O.C5H8N2/c1-12-9-13(2)27(26-12)11-14-3-6-16(7-4-14)25-19(28)17-10-15(20(22,23)24)5-8-18(17)21;1-4-3-5(2)7-6-4/h5,8-10,14,16H,3-4,6-7,11H2,1-2H3,(H,25,28);3H,1-2H3,(H,6,7). The van der Waals surface area contributed by atoms with Gasteiger partial charge in [0.15, 0.2) is 0 Å². The van der Waals surface area contributed by atoms with Crippen LogP contribution >= 0.6 is 11.6 Å². The van der Waals surface area contributed by atoms with Crippen molar-refractivity contribution >= 4 is 17.5 Å². The smallest absolute Gasteiger partial charge is 0.349 e. The molecule has 1 aromatic carbocycles. The van der Waals surface area contributed by atoms with Crippen molar-refractivity contribution in [2.24, 2.45) is 5.92 Å². The van der Waals surface area contributed by atoms with Crippen LogP contribution in [0.25, 0.3) is 0 Å². The number of hydrogen-bond acceptors (Lipinski definition) is 3. The van der Waals surface area contributed by atoms with Crippen LogP contribution in [-0.2, 0) is 12.7 Å². The number of benzene rings is 1. The van der Waals surface area contributed by atoms with Gasteiger partial charge >= 0.3 is 6.18 Å². The summed E-state index contributed by atoms with van der Waals surface area (Å²) in [7, 11) is 0. The number of hydrogen-bond donors (Lipinski definition) is 2. The van der Waals surface area contributed by atoms with Gasteiger partial charge in [0, 0.05) is 24.0 Å². The summed E-state index contributed by atoms with van der Waals surface area (Å²) < 4.78 is 40.7. The lowest BCUT2D eigenvalue weighted by Gasteiger charge is -2.29. The molecule has 2 aromatic heterocycles. The molecular formula is C25H31ClF3N5O. The third kappa shape index (κ3) is 7.59. The molecule has 1 amide bonds. The molecule has 0 saturated heterocycles. The quantitative estimate of drug-likeness (QED) is 0.440. The average Bonchev–Trinajstić information content (AvgIpc) is 3.31. The number of H-pyrrole nitrogens is 1. The summed E-state index contributed by atoms with van der Waals surface area (Å²) in [6, 6.07) is 6.79. The summed E-state index contributed by atoms with van der Waals surface area (Å²) in [6.07, 6.45) is -1.08. The molecule has 0 aliphatic heterocycles. The van der Waals surface area contributed by atoms with E-state index in [2.05, 4.69) is 20.6 Å². The summed E-state index contributed by atoms with van der Waals surface area (Å²) in [5.41, 5.74) is 3.29. The molecule has 0 atom stereocenters. The highest BCUT2D eigenvalue weighted by Crippen LogP contribution is 2.32. The van der Waals surface area contributed by atoms with E-state index < -0.39 is 17.6 Å². The van der Waals surface area contributed by atoms with Gasteiger partial charge in [-0.05, 0) is 89.6 Å². The Morgan fingerprint density at radius 3 is 2.26 bits per heavy atom. The highest BCUT2D eigenvalue weighted by Gasteiger charge is 2.32. The van der Waals surface area contributed by atoms with E-state index in [1.54, 1.807) is 0 Å². The van der Waals surface area contributed by atoms with Crippen LogP contribution in [0, 0.1) is 33.6 Å². The summed E-state index contributed by atoms with van der Waals surface area (Å²) in [4.78, 5) is 12.5. The van der Waals surface area contributed by atoms with Crippen molar-refractivity contribution < 1.29 is 18.0 Å². The number of nitrogens with one attached hydrogen (secondary N) is 2. The SMILES string of the molecule is Cc1cc(C)[nH]n1.Cc1cc(C)n(CC2CCC(NC(=O)c3cc(C(F)(F)F)ccc3Cl)CC2)n1. The Hall–Kier alpha value is -2.81. The lowest BCUT2D eigenvalue weighted by atomic mass is 9.86. The van der Waals surface area contributed by atoms with Crippen LogP contribution < -0.4 is 5.32 Å². The number of alkyl halides is 3. The second-order valence-electron chi connectivity index (χ2n) is 9.19. The van der Waals surface area contributed by atoms with Crippen molar-refractivity contribution in [3.63, 3.8) is 0 Å². The van der Waals surface area contributed by atoms with Gasteiger partial charge in [0.2, 0.25) is 0 Å². The Morgan fingerprint density at radius 1 is 1.09 bits per heavy atom. The Kier molecular flexibility index (Phi) is 8.64. The molecule has 2 heterocycles. The minimum atomic E-state index is -4.51. The maximum atomic E-state index is 12.9. The fourth-order valence-electron chi connectivity index (χ4n) is 4.29. The van der Waals surface area contributed by atoms with E-state index >= 15 is 0 Å². The van der Waals surface area contributed by atoms with Crippen molar-refractivity contribution in [3.05, 3.63) is 69.3 Å². The molecule has 1 saturated carbocycles. The molecule has 35 heavy (non-hydrogen) atoms. The molecule has 6 nitrogen and oxygen atoms in total. The predicted octanol–water partition coefficient (Wildman–Crippen LogP) is 6.19. The Labute approximate surface area is 208 Å². The third-order valence-electron chi connectivity index (χ3n) is 6.09. The molecule has 1 aliphatic carbocycles. The van der Waals surface area contributed by atoms with Gasteiger partial charge in [0.05, 0.1) is 27.5 Å². The molecular weight excluding hydrogens is 479 g/mol. The summed E-state index contributed by atoms with van der Waals surface area (Å²) >= 11 is 5.95. The second-order valence-corrected chi connectivity index (χ2v) is 9.59. The minimum Gasteiger partial charge on any atom is -0.349 e. The van der Waals surface area contributed by atoms with Crippen LogP contribution in [0.1, 0.15) is 64.4 Å². The molecule has 0 bridgehead atoms. The molecule has 1 aliphatic rings. The van der Waals surface area contributed by atoms with Crippen LogP contribution in [0.2, 0.25) is 5.02 Å². The molecule has 190 valence electrons. The fraction of sp³-hybridized carbons (Fsp3) is 0.480. The highest BCUT2D eigenvalue weighted by molar-refractivity contribution is 6.33. The van der Waals surface area contributed by atoms with Gasteiger partial charge in [-0.1, -0.05) is 11.6 Å². The number of halogens is 4. The van der Waals surface area contributed by atoms with E-state index in [1.807, 2.05) is 44.5 Å². The van der Waals surface area contributed by atoms with Gasteiger partial charge in [-0.15, -0.1) is 0 Å². The number of rotatable bonds is 4. The van der Waals surface area contributed by atoms with Gasteiger partial charge in [-0.2, -0.15) is 23.4 Å². The van der Waals surface area contributed by atoms with Gasteiger partial charge in [0.25, 0.3) is 5.91 Å². The zero-order valence-corrected chi connectivity index (χ0v) is 21.1. The van der Waals surface area contributed by atoms with Crippen LogP contribution in [0.3, 0.4) is 0 Å². The van der Waals surface area contributed by atoms with Crippen molar-refractivity contribution in [1.29, 1.82) is 0 Å². The molecule has 0 radical (unpaired) electrons. The van der Waals surface area contributed by atoms with E-state index in [0.717, 1.165) is 73.2 Å². The average molecular weight is 510 g/mol. The van der Waals surface area contributed by atoms with Crippen LogP contribution in [-0.4, -0.2) is 31.9 Å². The van der Waals surface area contributed by atoms with Crippen molar-refractivity contribution in [2.75, 3.05) is 0 Å². The zero-order chi connectivity index (χ0) is 25.8. The van der Waals surface area contributed by atoms with Crippen LogP contribution in [0.4, 0.5) is 13.2 Å². The van der Waals surface area contributed by atoms with Crippen molar-refractivity contribution in [2.45, 2.75) is 72.1 Å². The molecule has 3 aromatic rings. The number of nitrogens with zero attached hydrogens (tertiary/aromatic N) is 3. The first-order chi connectivity index (χ1) is 16.4. The second kappa shape index (κ2) is 11.3. The van der Waals surface area contributed by atoms with E-state index in [-0.39, 0.29) is 16.6 Å². The monoisotopic (exact) mass is 509 g/mol. The zero-order valence-electron chi connectivity index (χ0n) is 20.3. The van der Waals surface area contributed by atoms with Gasteiger partial charge < -0.3 is 5.32 Å².